The number of nitrogens with two attached hydrogens (primary N) is 2. The molecule has 0 rings (SSSR count). The molecule has 0 bridgehead atoms. The second-order valence-electron chi connectivity index (χ2n) is 2.09. The minimum Gasteiger partial charge on any atom is -1.00 e. The van der Waals surface area contributed by atoms with Gasteiger partial charge in [0.2, 0.25) is 0 Å². The van der Waals surface area contributed by atoms with Crippen molar-refractivity contribution in [3.63, 3.8) is 0 Å². The summed E-state index contributed by atoms with van der Waals surface area (Å²) in [6, 6.07) is -0.556. The van der Waals surface area contributed by atoms with E-state index in [9.17, 15) is 8.42 Å². The third-order valence-corrected chi connectivity index (χ3v) is 1.81. The van der Waals surface area contributed by atoms with E-state index < -0.39 is 21.9 Å². The summed E-state index contributed by atoms with van der Waals surface area (Å²) >= 11 is 0. The van der Waals surface area contributed by atoms with Crippen LogP contribution in [0.1, 0.15) is 7.85 Å². The van der Waals surface area contributed by atoms with E-state index in [4.69, 9.17) is 16.0 Å². The van der Waals surface area contributed by atoms with Crippen LogP contribution in [0, 0.1) is 0 Å². The molecular weight excluding hydrogens is 179 g/mol. The van der Waals surface area contributed by atoms with Crippen molar-refractivity contribution in [2.45, 2.75) is 12.5 Å². The van der Waals surface area contributed by atoms with E-state index in [0.29, 0.717) is 13.0 Å². The van der Waals surface area contributed by atoms with Crippen LogP contribution in [0.3, 0.4) is 0 Å². The maximum absolute atomic E-state index is 10.2. The van der Waals surface area contributed by atoms with Crippen molar-refractivity contribution < 1.29 is 44.0 Å². The Bertz CT molecular complexity index is 187. The zero-order chi connectivity index (χ0) is 8.20. The Hall–Kier alpha value is 0.830. The van der Waals surface area contributed by atoms with Crippen LogP contribution in [0.5, 0.6) is 0 Å². The first-order chi connectivity index (χ1) is 4.45. The molecule has 11 heavy (non-hydrogen) atoms. The third-order valence-electron chi connectivity index (χ3n) is 0.962. The van der Waals surface area contributed by atoms with E-state index in [-0.39, 0.29) is 31.0 Å². The van der Waals surface area contributed by atoms with Crippen LogP contribution in [-0.4, -0.2) is 31.3 Å². The summed E-state index contributed by atoms with van der Waals surface area (Å²) in [4.78, 5) is 0. The summed E-state index contributed by atoms with van der Waals surface area (Å²) in [5.41, 5.74) is 10.3. The molecule has 0 aliphatic rings. The fourth-order valence-corrected chi connectivity index (χ4v) is 1.28. The van der Waals surface area contributed by atoms with Gasteiger partial charge >= 0.3 is 29.6 Å². The van der Waals surface area contributed by atoms with Gasteiger partial charge in [-0.1, -0.05) is 0 Å². The van der Waals surface area contributed by atoms with Gasteiger partial charge in [0, 0.05) is 6.04 Å². The van der Waals surface area contributed by atoms with Crippen molar-refractivity contribution >= 4 is 10.1 Å². The normalized spacial score (nSPS) is 13.7. The van der Waals surface area contributed by atoms with E-state index in [1.807, 2.05) is 0 Å². The minimum atomic E-state index is -3.93. The fourth-order valence-electron chi connectivity index (χ4n) is 0.568. The maximum Gasteiger partial charge on any atom is 1.00 e. The van der Waals surface area contributed by atoms with Gasteiger partial charge in [0.05, 0.1) is 5.75 Å². The molecule has 1 atom stereocenters. The maximum atomic E-state index is 10.2. The monoisotopic (exact) mass is 192 g/mol. The minimum absolute atomic E-state index is 0. The van der Waals surface area contributed by atoms with Gasteiger partial charge in [-0.15, -0.1) is 0 Å². The second kappa shape index (κ2) is 6.36. The molecule has 0 amide bonds. The third kappa shape index (κ3) is 10.8. The van der Waals surface area contributed by atoms with E-state index in [1.54, 1.807) is 0 Å². The van der Waals surface area contributed by atoms with Crippen LogP contribution in [0.25, 0.3) is 0 Å². The topological polar surface area (TPSA) is 106 Å². The van der Waals surface area contributed by atoms with Crippen molar-refractivity contribution in [1.29, 1.82) is 0 Å². The van der Waals surface area contributed by atoms with Crippen molar-refractivity contribution in [2.75, 3.05) is 12.3 Å². The molecule has 5 nitrogen and oxygen atoms in total. The summed E-state index contributed by atoms with van der Waals surface area (Å²) in [5, 5.41) is 0. The SMILES string of the molecule is NCCC(N)CS(=O)(=O)O.[H-].[Na+]. The van der Waals surface area contributed by atoms with Crippen molar-refractivity contribution in [1.82, 2.24) is 0 Å². The van der Waals surface area contributed by atoms with Crippen LogP contribution < -0.4 is 41.0 Å². The molecule has 0 aromatic rings. The molecule has 0 aromatic carbocycles. The first kappa shape index (κ1) is 14.4. The van der Waals surface area contributed by atoms with Crippen LogP contribution in [-0.2, 0) is 10.1 Å². The van der Waals surface area contributed by atoms with Crippen LogP contribution in [0.15, 0.2) is 0 Å². The van der Waals surface area contributed by atoms with Crippen LogP contribution in [0.2, 0.25) is 0 Å². The molecule has 0 aliphatic heterocycles. The molecule has 7 heteroatoms. The quantitative estimate of drug-likeness (QED) is 0.308. The molecule has 0 radical (unpaired) electrons. The van der Waals surface area contributed by atoms with Gasteiger partial charge in [-0.05, 0) is 13.0 Å². The second-order valence-corrected chi connectivity index (χ2v) is 3.58. The standard InChI is InChI=1S/C4H12N2O3S.Na.H/c5-2-1-4(6)3-10(7,8)9;;/h4H,1-3,5-6H2,(H,7,8,9);;/q;+1;-1. The van der Waals surface area contributed by atoms with Crippen LogP contribution >= 0.6 is 0 Å². The molecule has 0 saturated heterocycles. The van der Waals surface area contributed by atoms with Gasteiger partial charge in [-0.25, -0.2) is 0 Å². The molecule has 0 spiro atoms. The molecule has 0 aromatic heterocycles. The Balaban J connectivity index is -0.000000405. The van der Waals surface area contributed by atoms with E-state index in [0.717, 1.165) is 0 Å². The Morgan fingerprint density at radius 3 is 2.27 bits per heavy atom. The zero-order valence-electron chi connectivity index (χ0n) is 7.53. The van der Waals surface area contributed by atoms with Gasteiger partial charge in [-0.2, -0.15) is 8.42 Å². The predicted molar refractivity (Wildman–Crippen MR) is 39.2 cm³/mol. The largest absolute Gasteiger partial charge is 1.00 e. The summed E-state index contributed by atoms with van der Waals surface area (Å²) in [7, 11) is -3.93. The fraction of sp³-hybridized carbons (Fsp3) is 1.00. The molecule has 64 valence electrons. The zero-order valence-corrected chi connectivity index (χ0v) is 9.34. The Kier molecular flexibility index (Phi) is 8.30. The number of hydrogen-bond acceptors (Lipinski definition) is 4. The Morgan fingerprint density at radius 1 is 1.55 bits per heavy atom. The van der Waals surface area contributed by atoms with Crippen molar-refractivity contribution in [2.24, 2.45) is 11.5 Å². The first-order valence-electron chi connectivity index (χ1n) is 2.86. The summed E-state index contributed by atoms with van der Waals surface area (Å²) in [6.07, 6.45) is 0.403. The number of rotatable bonds is 4. The van der Waals surface area contributed by atoms with Crippen molar-refractivity contribution in [3.05, 3.63) is 0 Å². The van der Waals surface area contributed by atoms with Gasteiger partial charge in [0.15, 0.2) is 0 Å². The number of hydrogen-bond donors (Lipinski definition) is 3. The van der Waals surface area contributed by atoms with E-state index in [2.05, 4.69) is 0 Å². The molecule has 0 aliphatic carbocycles. The molecule has 1 unspecified atom stereocenters. The molecule has 0 heterocycles. The average molecular weight is 192 g/mol. The van der Waals surface area contributed by atoms with E-state index >= 15 is 0 Å². The Morgan fingerprint density at radius 2 is 2.00 bits per heavy atom. The van der Waals surface area contributed by atoms with E-state index in [1.165, 1.54) is 0 Å². The molecule has 0 saturated carbocycles. The van der Waals surface area contributed by atoms with Gasteiger partial charge in [-0.3, -0.25) is 4.55 Å². The summed E-state index contributed by atoms with van der Waals surface area (Å²) < 4.78 is 28.6. The predicted octanol–water partition coefficient (Wildman–Crippen LogP) is -4.33. The molecule has 5 N–H and O–H groups in total. The van der Waals surface area contributed by atoms with Crippen molar-refractivity contribution in [3.8, 4) is 0 Å². The molecular formula is C4H13N2NaO3S. The first-order valence-corrected chi connectivity index (χ1v) is 4.47. The average Bonchev–Trinajstić information content (AvgIpc) is 1.59. The smallest absolute Gasteiger partial charge is 1.00 e. The van der Waals surface area contributed by atoms with Gasteiger partial charge < -0.3 is 12.9 Å². The summed E-state index contributed by atoms with van der Waals surface area (Å²) in [6.45, 7) is 0.330. The van der Waals surface area contributed by atoms with Crippen LogP contribution in [0.4, 0.5) is 0 Å². The molecule has 0 fully saturated rings. The van der Waals surface area contributed by atoms with Gasteiger partial charge in [0.25, 0.3) is 10.1 Å². The summed E-state index contributed by atoms with van der Waals surface area (Å²) in [5.74, 6) is -0.413. The van der Waals surface area contributed by atoms with Gasteiger partial charge in [0.1, 0.15) is 0 Å². The Labute approximate surface area is 90.0 Å².